The van der Waals surface area contributed by atoms with E-state index in [9.17, 15) is 0 Å². The Morgan fingerprint density at radius 3 is 2.56 bits per heavy atom. The quantitative estimate of drug-likeness (QED) is 0.736. The Bertz CT molecular complexity index is 348. The fourth-order valence-electron chi connectivity index (χ4n) is 1.70. The van der Waals surface area contributed by atoms with E-state index in [0.717, 1.165) is 26.2 Å². The van der Waals surface area contributed by atoms with Crippen LogP contribution in [-0.2, 0) is 17.7 Å². The highest BCUT2D eigenvalue weighted by Crippen LogP contribution is 2.25. The van der Waals surface area contributed by atoms with E-state index in [0.29, 0.717) is 12.0 Å². The van der Waals surface area contributed by atoms with E-state index >= 15 is 0 Å². The van der Waals surface area contributed by atoms with E-state index in [1.165, 1.54) is 15.6 Å². The van der Waals surface area contributed by atoms with Crippen LogP contribution in [0.3, 0.4) is 0 Å². The van der Waals surface area contributed by atoms with Gasteiger partial charge in [0.1, 0.15) is 0 Å². The fraction of sp³-hybridized carbons (Fsp3) is 0.786. The van der Waals surface area contributed by atoms with Crippen molar-refractivity contribution in [2.75, 3.05) is 13.2 Å². The summed E-state index contributed by atoms with van der Waals surface area (Å²) in [4.78, 5) is 6.14. The van der Waals surface area contributed by atoms with Crippen LogP contribution in [0, 0.1) is 0 Å². The summed E-state index contributed by atoms with van der Waals surface area (Å²) in [6, 6.07) is 0.513. The van der Waals surface area contributed by atoms with E-state index in [2.05, 4.69) is 33.0 Å². The second-order valence-corrected chi connectivity index (χ2v) is 6.22. The molecule has 0 aromatic carbocycles. The van der Waals surface area contributed by atoms with Crippen LogP contribution >= 0.6 is 11.3 Å². The van der Waals surface area contributed by atoms with Gasteiger partial charge in [0.25, 0.3) is 0 Å². The summed E-state index contributed by atoms with van der Waals surface area (Å²) in [5.41, 5.74) is 1.25. The third-order valence-electron chi connectivity index (χ3n) is 2.65. The first-order chi connectivity index (χ1) is 8.54. The van der Waals surface area contributed by atoms with Gasteiger partial charge in [0.15, 0.2) is 0 Å². The summed E-state index contributed by atoms with van der Waals surface area (Å²) in [7, 11) is 0. The van der Waals surface area contributed by atoms with Crippen LogP contribution in [-0.4, -0.2) is 24.2 Å². The highest BCUT2D eigenvalue weighted by atomic mass is 32.1. The topological polar surface area (TPSA) is 34.1 Å². The number of nitrogens with one attached hydrogen (secondary N) is 1. The highest BCUT2D eigenvalue weighted by Gasteiger charge is 2.14. The van der Waals surface area contributed by atoms with Gasteiger partial charge >= 0.3 is 0 Å². The van der Waals surface area contributed by atoms with Gasteiger partial charge in [0, 0.05) is 30.5 Å². The minimum Gasteiger partial charge on any atom is -0.381 e. The smallest absolute Gasteiger partial charge is 0.0954 e. The fourth-order valence-corrected chi connectivity index (χ4v) is 2.85. The molecule has 0 saturated heterocycles. The van der Waals surface area contributed by atoms with Crippen molar-refractivity contribution in [2.24, 2.45) is 0 Å². The summed E-state index contributed by atoms with van der Waals surface area (Å²) in [5, 5.41) is 4.68. The normalized spacial score (nSPS) is 11.7. The van der Waals surface area contributed by atoms with Crippen LogP contribution in [0.2, 0.25) is 0 Å². The van der Waals surface area contributed by atoms with Crippen molar-refractivity contribution in [1.82, 2.24) is 10.3 Å². The van der Waals surface area contributed by atoms with Crippen LogP contribution in [0.25, 0.3) is 0 Å². The number of nitrogens with zero attached hydrogens (tertiary/aromatic N) is 1. The predicted octanol–water partition coefficient (Wildman–Crippen LogP) is 3.34. The summed E-state index contributed by atoms with van der Waals surface area (Å²) in [5.74, 6) is 0.492. The lowest BCUT2D eigenvalue weighted by molar-refractivity contribution is 0.151. The second-order valence-electron chi connectivity index (χ2n) is 5.05. The molecular weight excluding hydrogens is 244 g/mol. The molecular formula is C14H26N2OS. The summed E-state index contributed by atoms with van der Waals surface area (Å²) < 4.78 is 5.40. The number of rotatable bonds is 8. The molecule has 1 aromatic rings. The van der Waals surface area contributed by atoms with Crippen molar-refractivity contribution in [3.8, 4) is 0 Å². The molecule has 1 heterocycles. The Hall–Kier alpha value is -0.450. The van der Waals surface area contributed by atoms with E-state index in [4.69, 9.17) is 9.72 Å². The minimum absolute atomic E-state index is 0.492. The lowest BCUT2D eigenvalue weighted by Crippen LogP contribution is -2.22. The van der Waals surface area contributed by atoms with Crippen molar-refractivity contribution < 1.29 is 4.74 Å². The van der Waals surface area contributed by atoms with Gasteiger partial charge in [-0.25, -0.2) is 4.98 Å². The zero-order chi connectivity index (χ0) is 13.5. The van der Waals surface area contributed by atoms with Crippen LogP contribution in [0.1, 0.15) is 56.1 Å². The van der Waals surface area contributed by atoms with Crippen molar-refractivity contribution in [3.05, 3.63) is 15.6 Å². The Morgan fingerprint density at radius 1 is 1.28 bits per heavy atom. The third-order valence-corrected chi connectivity index (χ3v) is 3.78. The van der Waals surface area contributed by atoms with Gasteiger partial charge < -0.3 is 10.1 Å². The summed E-state index contributed by atoms with van der Waals surface area (Å²) in [6.45, 7) is 13.3. The molecule has 18 heavy (non-hydrogen) atoms. The number of hydrogen-bond acceptors (Lipinski definition) is 4. The molecule has 0 saturated carbocycles. The first-order valence-corrected chi connectivity index (χ1v) is 7.65. The van der Waals surface area contributed by atoms with E-state index in [1.54, 1.807) is 0 Å². The highest BCUT2D eigenvalue weighted by molar-refractivity contribution is 7.11. The Balaban J connectivity index is 2.67. The Kier molecular flexibility index (Phi) is 6.82. The van der Waals surface area contributed by atoms with Crippen molar-refractivity contribution in [3.63, 3.8) is 0 Å². The minimum atomic E-state index is 0.492. The lowest BCUT2D eigenvalue weighted by atomic mass is 10.1. The SMILES string of the molecule is CCOCCc1nc(C(C)C)c(CNC(C)C)s1. The molecule has 0 spiro atoms. The Morgan fingerprint density at radius 2 is 2.00 bits per heavy atom. The third kappa shape index (κ3) is 5.04. The molecule has 4 heteroatoms. The molecule has 0 aliphatic heterocycles. The first-order valence-electron chi connectivity index (χ1n) is 6.84. The summed E-state index contributed by atoms with van der Waals surface area (Å²) in [6.07, 6.45) is 0.930. The van der Waals surface area contributed by atoms with Gasteiger partial charge in [-0.3, -0.25) is 0 Å². The van der Waals surface area contributed by atoms with Gasteiger partial charge in [-0.1, -0.05) is 27.7 Å². The molecule has 0 bridgehead atoms. The van der Waals surface area contributed by atoms with Crippen LogP contribution in [0.4, 0.5) is 0 Å². The molecule has 0 amide bonds. The number of ether oxygens (including phenoxy) is 1. The van der Waals surface area contributed by atoms with Gasteiger partial charge in [0.2, 0.25) is 0 Å². The maximum Gasteiger partial charge on any atom is 0.0954 e. The number of aromatic nitrogens is 1. The molecule has 0 atom stereocenters. The molecule has 1 N–H and O–H groups in total. The lowest BCUT2D eigenvalue weighted by Gasteiger charge is -2.09. The first kappa shape index (κ1) is 15.6. The summed E-state index contributed by atoms with van der Waals surface area (Å²) >= 11 is 1.83. The van der Waals surface area contributed by atoms with E-state index in [1.807, 2.05) is 18.3 Å². The Labute approximate surface area is 115 Å². The van der Waals surface area contributed by atoms with E-state index in [-0.39, 0.29) is 0 Å². The van der Waals surface area contributed by atoms with Gasteiger partial charge in [0.05, 0.1) is 17.3 Å². The zero-order valence-electron chi connectivity index (χ0n) is 12.2. The van der Waals surface area contributed by atoms with Crippen molar-refractivity contribution in [1.29, 1.82) is 0 Å². The maximum atomic E-state index is 5.40. The number of thiazole rings is 1. The predicted molar refractivity (Wildman–Crippen MR) is 78.4 cm³/mol. The average Bonchev–Trinajstić information content (AvgIpc) is 2.70. The average molecular weight is 270 g/mol. The largest absolute Gasteiger partial charge is 0.381 e. The molecule has 1 rings (SSSR count). The standard InChI is InChI=1S/C14H26N2OS/c1-6-17-8-7-13-16-14(10(2)3)12(18-13)9-15-11(4)5/h10-11,15H,6-9H2,1-5H3. The molecule has 0 aliphatic rings. The van der Waals surface area contributed by atoms with Crippen molar-refractivity contribution in [2.45, 2.75) is 59.5 Å². The van der Waals surface area contributed by atoms with Gasteiger partial charge in [-0.15, -0.1) is 11.3 Å². The van der Waals surface area contributed by atoms with Crippen LogP contribution in [0.5, 0.6) is 0 Å². The second kappa shape index (κ2) is 7.87. The van der Waals surface area contributed by atoms with Crippen LogP contribution in [0.15, 0.2) is 0 Å². The van der Waals surface area contributed by atoms with E-state index < -0.39 is 0 Å². The monoisotopic (exact) mass is 270 g/mol. The number of hydrogen-bond donors (Lipinski definition) is 1. The molecule has 3 nitrogen and oxygen atoms in total. The zero-order valence-corrected chi connectivity index (χ0v) is 13.1. The molecule has 0 fully saturated rings. The van der Waals surface area contributed by atoms with Crippen LogP contribution < -0.4 is 5.32 Å². The molecule has 0 aliphatic carbocycles. The maximum absolute atomic E-state index is 5.40. The molecule has 0 unspecified atom stereocenters. The van der Waals surface area contributed by atoms with Crippen molar-refractivity contribution >= 4 is 11.3 Å². The molecule has 0 radical (unpaired) electrons. The van der Waals surface area contributed by atoms with Gasteiger partial charge in [-0.2, -0.15) is 0 Å². The molecule has 1 aromatic heterocycles. The molecule has 104 valence electrons. The van der Waals surface area contributed by atoms with Gasteiger partial charge in [-0.05, 0) is 12.8 Å².